The van der Waals surface area contributed by atoms with Gasteiger partial charge in [0.25, 0.3) is 0 Å². The van der Waals surface area contributed by atoms with Crippen molar-refractivity contribution in [3.8, 4) is 10.6 Å². The third kappa shape index (κ3) is 6.36. The third-order valence-electron chi connectivity index (χ3n) is 4.70. The molecule has 3 rings (SSSR count). The summed E-state index contributed by atoms with van der Waals surface area (Å²) in [4.78, 5) is 27.1. The zero-order valence-corrected chi connectivity index (χ0v) is 18.8. The molecule has 7 nitrogen and oxygen atoms in total. The minimum absolute atomic E-state index is 0.141. The van der Waals surface area contributed by atoms with Crippen LogP contribution in [0.3, 0.4) is 0 Å². The summed E-state index contributed by atoms with van der Waals surface area (Å²) in [5.41, 5.74) is 2.99. The number of carbonyl (C=O) groups is 2. The zero-order chi connectivity index (χ0) is 22.2. The fraction of sp³-hybridized carbons (Fsp3) is 0.304. The maximum Gasteiger partial charge on any atom is 0.249 e. The summed E-state index contributed by atoms with van der Waals surface area (Å²) in [7, 11) is 3.97. The second-order valence-corrected chi connectivity index (χ2v) is 8.38. The second kappa shape index (κ2) is 10.7. The van der Waals surface area contributed by atoms with Crippen LogP contribution in [0.15, 0.2) is 54.6 Å². The molecular formula is C23H27N5O2S. The summed E-state index contributed by atoms with van der Waals surface area (Å²) in [6, 6.07) is 16.9. The van der Waals surface area contributed by atoms with Crippen LogP contribution in [-0.4, -0.2) is 42.1 Å². The Morgan fingerprint density at radius 1 is 1.03 bits per heavy atom. The van der Waals surface area contributed by atoms with Crippen molar-refractivity contribution in [1.82, 2.24) is 15.5 Å². The smallest absolute Gasteiger partial charge is 0.249 e. The number of nitrogens with zero attached hydrogens (tertiary/aromatic N) is 3. The van der Waals surface area contributed by atoms with Gasteiger partial charge in [-0.2, -0.15) is 0 Å². The lowest BCUT2D eigenvalue weighted by molar-refractivity contribution is -0.126. The molecule has 2 N–H and O–H groups in total. The molecule has 0 bridgehead atoms. The third-order valence-corrected chi connectivity index (χ3v) is 5.58. The number of amides is 2. The first-order valence-electron chi connectivity index (χ1n) is 10.2. The van der Waals surface area contributed by atoms with Gasteiger partial charge in [-0.15, -0.1) is 10.2 Å². The summed E-state index contributed by atoms with van der Waals surface area (Å²) in [6.07, 6.45) is 1.50. The molecule has 1 aromatic heterocycles. The van der Waals surface area contributed by atoms with Crippen LogP contribution in [0, 0.1) is 0 Å². The molecule has 0 aliphatic rings. The Labute approximate surface area is 186 Å². The van der Waals surface area contributed by atoms with Crippen LogP contribution >= 0.6 is 11.3 Å². The molecule has 2 aromatic carbocycles. The largest absolute Gasteiger partial charge is 0.378 e. The van der Waals surface area contributed by atoms with Gasteiger partial charge in [0.15, 0.2) is 0 Å². The molecule has 1 atom stereocenters. The van der Waals surface area contributed by atoms with Gasteiger partial charge in [0.2, 0.25) is 16.9 Å². The van der Waals surface area contributed by atoms with E-state index in [4.69, 9.17) is 0 Å². The number of hydrogen-bond donors (Lipinski definition) is 2. The molecule has 0 aliphatic carbocycles. The lowest BCUT2D eigenvalue weighted by Gasteiger charge is -2.17. The summed E-state index contributed by atoms with van der Waals surface area (Å²) in [5.74, 6) is -0.448. The molecular weight excluding hydrogens is 410 g/mol. The zero-order valence-electron chi connectivity index (χ0n) is 18.0. The number of aromatic nitrogens is 2. The van der Waals surface area contributed by atoms with Crippen molar-refractivity contribution in [3.05, 3.63) is 60.2 Å². The first-order chi connectivity index (χ1) is 15.0. The van der Waals surface area contributed by atoms with Gasteiger partial charge >= 0.3 is 0 Å². The van der Waals surface area contributed by atoms with Crippen LogP contribution < -0.4 is 15.5 Å². The van der Waals surface area contributed by atoms with Gasteiger partial charge in [-0.25, -0.2) is 0 Å². The quantitative estimate of drug-likeness (QED) is 0.533. The molecule has 162 valence electrons. The normalized spacial score (nSPS) is 11.6. The van der Waals surface area contributed by atoms with Crippen LogP contribution in [0.2, 0.25) is 0 Å². The molecule has 31 heavy (non-hydrogen) atoms. The van der Waals surface area contributed by atoms with Crippen LogP contribution in [-0.2, 0) is 16.0 Å². The molecule has 2 amide bonds. The highest BCUT2D eigenvalue weighted by Gasteiger charge is 2.22. The van der Waals surface area contributed by atoms with Crippen molar-refractivity contribution < 1.29 is 9.59 Å². The van der Waals surface area contributed by atoms with Crippen molar-refractivity contribution in [2.45, 2.75) is 32.2 Å². The Bertz CT molecular complexity index is 1000. The Morgan fingerprint density at radius 2 is 1.74 bits per heavy atom. The molecule has 1 unspecified atom stereocenters. The SMILES string of the molecule is CCCC(=O)NC(Cc1ccccc1)C(=O)Nc1nnc(-c2ccc(N(C)C)cc2)s1. The number of rotatable bonds is 9. The molecule has 0 spiro atoms. The van der Waals surface area contributed by atoms with Crippen LogP contribution in [0.1, 0.15) is 25.3 Å². The fourth-order valence-corrected chi connectivity index (χ4v) is 3.79. The average Bonchev–Trinajstić information content (AvgIpc) is 3.22. The fourth-order valence-electron chi connectivity index (χ4n) is 3.04. The van der Waals surface area contributed by atoms with Crippen molar-refractivity contribution in [2.24, 2.45) is 0 Å². The van der Waals surface area contributed by atoms with E-state index in [2.05, 4.69) is 20.8 Å². The van der Waals surface area contributed by atoms with E-state index in [9.17, 15) is 9.59 Å². The monoisotopic (exact) mass is 437 g/mol. The van der Waals surface area contributed by atoms with E-state index in [0.717, 1.165) is 28.2 Å². The first kappa shape index (κ1) is 22.4. The summed E-state index contributed by atoms with van der Waals surface area (Å²) >= 11 is 1.30. The van der Waals surface area contributed by atoms with Gasteiger partial charge in [0.1, 0.15) is 11.0 Å². The van der Waals surface area contributed by atoms with Gasteiger partial charge in [-0.05, 0) is 36.2 Å². The molecule has 1 heterocycles. The minimum Gasteiger partial charge on any atom is -0.378 e. The molecule has 0 fully saturated rings. The molecule has 0 saturated heterocycles. The minimum atomic E-state index is -0.687. The lowest BCUT2D eigenvalue weighted by Crippen LogP contribution is -2.45. The van der Waals surface area contributed by atoms with Gasteiger partial charge in [0, 0.05) is 38.2 Å². The van der Waals surface area contributed by atoms with Gasteiger partial charge < -0.3 is 10.2 Å². The maximum absolute atomic E-state index is 12.9. The Hall–Kier alpha value is -3.26. The van der Waals surface area contributed by atoms with Crippen molar-refractivity contribution in [2.75, 3.05) is 24.3 Å². The van der Waals surface area contributed by atoms with Crippen molar-refractivity contribution in [3.63, 3.8) is 0 Å². The highest BCUT2D eigenvalue weighted by Crippen LogP contribution is 2.28. The summed E-state index contributed by atoms with van der Waals surface area (Å²) in [5, 5.41) is 15.1. The van der Waals surface area contributed by atoms with E-state index in [1.807, 2.05) is 80.5 Å². The number of hydrogen-bond acceptors (Lipinski definition) is 6. The predicted octanol–water partition coefficient (Wildman–Crippen LogP) is 3.74. The topological polar surface area (TPSA) is 87.2 Å². The number of nitrogens with one attached hydrogen (secondary N) is 2. The Balaban J connectivity index is 1.71. The Morgan fingerprint density at radius 3 is 2.39 bits per heavy atom. The van der Waals surface area contributed by atoms with Crippen LogP contribution in [0.25, 0.3) is 10.6 Å². The van der Waals surface area contributed by atoms with Gasteiger partial charge in [0.05, 0.1) is 0 Å². The Kier molecular flexibility index (Phi) is 7.72. The maximum atomic E-state index is 12.9. The number of carbonyl (C=O) groups excluding carboxylic acids is 2. The van der Waals surface area contributed by atoms with Crippen molar-refractivity contribution >= 4 is 34.0 Å². The van der Waals surface area contributed by atoms with E-state index in [1.54, 1.807) is 0 Å². The summed E-state index contributed by atoms with van der Waals surface area (Å²) < 4.78 is 0. The second-order valence-electron chi connectivity index (χ2n) is 7.40. The van der Waals surface area contributed by atoms with E-state index in [0.29, 0.717) is 18.0 Å². The molecule has 3 aromatic rings. The molecule has 0 saturated carbocycles. The number of benzene rings is 2. The highest BCUT2D eigenvalue weighted by atomic mass is 32.1. The first-order valence-corrected chi connectivity index (χ1v) is 11.0. The van der Waals surface area contributed by atoms with Crippen LogP contribution in [0.5, 0.6) is 0 Å². The van der Waals surface area contributed by atoms with Crippen LogP contribution in [0.4, 0.5) is 10.8 Å². The average molecular weight is 438 g/mol. The molecule has 0 radical (unpaired) electrons. The van der Waals surface area contributed by atoms with E-state index in [-0.39, 0.29) is 11.8 Å². The summed E-state index contributed by atoms with van der Waals surface area (Å²) in [6.45, 7) is 1.93. The highest BCUT2D eigenvalue weighted by molar-refractivity contribution is 7.18. The van der Waals surface area contributed by atoms with E-state index >= 15 is 0 Å². The van der Waals surface area contributed by atoms with Gasteiger partial charge in [-0.3, -0.25) is 14.9 Å². The van der Waals surface area contributed by atoms with E-state index in [1.165, 1.54) is 11.3 Å². The number of anilines is 2. The van der Waals surface area contributed by atoms with E-state index < -0.39 is 6.04 Å². The lowest BCUT2D eigenvalue weighted by atomic mass is 10.1. The molecule has 0 aliphatic heterocycles. The molecule has 8 heteroatoms. The predicted molar refractivity (Wildman–Crippen MR) is 125 cm³/mol. The standard InChI is InChI=1S/C23H27N5O2S/c1-4-8-20(29)24-19(15-16-9-6-5-7-10-16)21(30)25-23-27-26-22(31-23)17-11-13-18(14-12-17)28(2)3/h5-7,9-14,19H,4,8,15H2,1-3H3,(H,24,29)(H,25,27,30). The van der Waals surface area contributed by atoms with Crippen molar-refractivity contribution in [1.29, 1.82) is 0 Å². The van der Waals surface area contributed by atoms with Gasteiger partial charge in [-0.1, -0.05) is 48.6 Å².